The highest BCUT2D eigenvalue weighted by molar-refractivity contribution is 5.86. The highest BCUT2D eigenvalue weighted by atomic mass is 16.5. The summed E-state index contributed by atoms with van der Waals surface area (Å²) in [6.45, 7) is 4.03. The van der Waals surface area contributed by atoms with Gasteiger partial charge in [0.2, 0.25) is 0 Å². The Morgan fingerprint density at radius 1 is 1.00 bits per heavy atom. The van der Waals surface area contributed by atoms with Crippen LogP contribution in [0.2, 0.25) is 0 Å². The molecule has 22 heavy (non-hydrogen) atoms. The van der Waals surface area contributed by atoms with Gasteiger partial charge >= 0.3 is 11.9 Å². The number of ether oxygens (including phenoxy) is 2. The number of likely N-dealkylation sites (tertiary alicyclic amines) is 1. The first kappa shape index (κ1) is 18.9. The third-order valence-electron chi connectivity index (χ3n) is 5.29. The quantitative estimate of drug-likeness (QED) is 0.509. The molecule has 2 atom stereocenters. The van der Waals surface area contributed by atoms with E-state index in [0.29, 0.717) is 12.8 Å². The zero-order valence-corrected chi connectivity index (χ0v) is 14.7. The highest BCUT2D eigenvalue weighted by Gasteiger charge is 2.58. The first-order chi connectivity index (χ1) is 10.4. The predicted molar refractivity (Wildman–Crippen MR) is 85.5 cm³/mol. The van der Waals surface area contributed by atoms with Gasteiger partial charge in [-0.2, -0.15) is 0 Å². The number of likely N-dealkylation sites (N-methyl/N-ethyl adjacent to an activating group) is 1. The standard InChI is InChI=1S/C17H31NO4/c1-6-7-8-9-10-11-17(15(20)22-5)13-12-16(2,18(17)3)14(19)21-4/h6-13H2,1-5H3. The van der Waals surface area contributed by atoms with Gasteiger partial charge < -0.3 is 9.47 Å². The lowest BCUT2D eigenvalue weighted by atomic mass is 9.89. The van der Waals surface area contributed by atoms with Crippen LogP contribution in [0, 0.1) is 0 Å². The van der Waals surface area contributed by atoms with E-state index in [1.807, 2.05) is 18.9 Å². The summed E-state index contributed by atoms with van der Waals surface area (Å²) in [5.41, 5.74) is -1.46. The van der Waals surface area contributed by atoms with Crippen molar-refractivity contribution < 1.29 is 19.1 Å². The molecular formula is C17H31NO4. The van der Waals surface area contributed by atoms with Crippen molar-refractivity contribution in [2.24, 2.45) is 0 Å². The highest BCUT2D eigenvalue weighted by Crippen LogP contribution is 2.44. The number of esters is 2. The molecule has 5 nitrogen and oxygen atoms in total. The van der Waals surface area contributed by atoms with Crippen LogP contribution in [0.5, 0.6) is 0 Å². The molecular weight excluding hydrogens is 282 g/mol. The zero-order valence-electron chi connectivity index (χ0n) is 14.7. The summed E-state index contributed by atoms with van der Waals surface area (Å²) in [5.74, 6) is -0.523. The van der Waals surface area contributed by atoms with E-state index in [9.17, 15) is 9.59 Å². The maximum absolute atomic E-state index is 12.4. The number of unbranched alkanes of at least 4 members (excludes halogenated alkanes) is 4. The van der Waals surface area contributed by atoms with Crippen molar-refractivity contribution in [2.45, 2.75) is 76.3 Å². The second kappa shape index (κ2) is 7.95. The number of carbonyl (C=O) groups is 2. The minimum Gasteiger partial charge on any atom is -0.468 e. The van der Waals surface area contributed by atoms with Crippen LogP contribution in [-0.4, -0.2) is 49.2 Å². The Morgan fingerprint density at radius 2 is 1.59 bits per heavy atom. The van der Waals surface area contributed by atoms with Crippen LogP contribution in [0.3, 0.4) is 0 Å². The van der Waals surface area contributed by atoms with Crippen LogP contribution < -0.4 is 0 Å². The molecule has 0 saturated carbocycles. The van der Waals surface area contributed by atoms with Gasteiger partial charge in [0.1, 0.15) is 11.1 Å². The Labute approximate surface area is 134 Å². The average Bonchev–Trinajstić information content (AvgIpc) is 2.80. The lowest BCUT2D eigenvalue weighted by molar-refractivity contribution is -0.162. The topological polar surface area (TPSA) is 55.8 Å². The maximum Gasteiger partial charge on any atom is 0.326 e. The smallest absolute Gasteiger partial charge is 0.326 e. The first-order valence-corrected chi connectivity index (χ1v) is 8.30. The van der Waals surface area contributed by atoms with Crippen molar-refractivity contribution in [3.63, 3.8) is 0 Å². The lowest BCUT2D eigenvalue weighted by Gasteiger charge is -2.39. The van der Waals surface area contributed by atoms with Crippen LogP contribution >= 0.6 is 0 Å². The fourth-order valence-corrected chi connectivity index (χ4v) is 3.56. The molecule has 1 rings (SSSR count). The molecule has 0 spiro atoms. The van der Waals surface area contributed by atoms with E-state index in [1.165, 1.54) is 33.5 Å². The third-order valence-corrected chi connectivity index (χ3v) is 5.29. The summed E-state index contributed by atoms with van der Waals surface area (Å²) in [4.78, 5) is 26.5. The molecule has 1 saturated heterocycles. The first-order valence-electron chi connectivity index (χ1n) is 8.30. The van der Waals surface area contributed by atoms with Gasteiger partial charge in [-0.15, -0.1) is 0 Å². The van der Waals surface area contributed by atoms with E-state index in [1.54, 1.807) is 0 Å². The molecule has 1 aliphatic rings. The van der Waals surface area contributed by atoms with E-state index >= 15 is 0 Å². The summed E-state index contributed by atoms with van der Waals surface area (Å²) >= 11 is 0. The van der Waals surface area contributed by atoms with E-state index < -0.39 is 11.1 Å². The number of carbonyl (C=O) groups excluding carboxylic acids is 2. The minimum absolute atomic E-state index is 0.238. The molecule has 128 valence electrons. The van der Waals surface area contributed by atoms with Gasteiger partial charge in [0.25, 0.3) is 0 Å². The fraction of sp³-hybridized carbons (Fsp3) is 0.882. The summed E-state index contributed by atoms with van der Waals surface area (Å²) in [6.07, 6.45) is 7.66. The Kier molecular flexibility index (Phi) is 6.85. The summed E-state index contributed by atoms with van der Waals surface area (Å²) in [5, 5.41) is 0. The van der Waals surface area contributed by atoms with Crippen molar-refractivity contribution >= 4 is 11.9 Å². The second-order valence-electron chi connectivity index (χ2n) is 6.51. The monoisotopic (exact) mass is 313 g/mol. The van der Waals surface area contributed by atoms with Crippen molar-refractivity contribution in [1.82, 2.24) is 4.90 Å². The number of hydrogen-bond acceptors (Lipinski definition) is 5. The van der Waals surface area contributed by atoms with Gasteiger partial charge in [-0.25, -0.2) is 0 Å². The van der Waals surface area contributed by atoms with Crippen LogP contribution in [0.4, 0.5) is 0 Å². The molecule has 0 aliphatic carbocycles. The summed E-state index contributed by atoms with van der Waals surface area (Å²) in [7, 11) is 4.65. The number of rotatable bonds is 8. The van der Waals surface area contributed by atoms with Crippen molar-refractivity contribution in [1.29, 1.82) is 0 Å². The molecule has 1 aliphatic heterocycles. The van der Waals surface area contributed by atoms with Crippen molar-refractivity contribution in [3.8, 4) is 0 Å². The molecule has 0 aromatic carbocycles. The van der Waals surface area contributed by atoms with Crippen LogP contribution in [-0.2, 0) is 19.1 Å². The molecule has 1 fully saturated rings. The van der Waals surface area contributed by atoms with Gasteiger partial charge in [-0.1, -0.05) is 39.0 Å². The van der Waals surface area contributed by atoms with Gasteiger partial charge in [-0.3, -0.25) is 14.5 Å². The average molecular weight is 313 g/mol. The van der Waals surface area contributed by atoms with Gasteiger partial charge in [0.15, 0.2) is 0 Å². The Bertz CT molecular complexity index is 398. The van der Waals surface area contributed by atoms with Gasteiger partial charge in [0, 0.05) is 0 Å². The third kappa shape index (κ3) is 3.45. The van der Waals surface area contributed by atoms with E-state index in [4.69, 9.17) is 9.47 Å². The molecule has 0 aromatic heterocycles. The molecule has 2 unspecified atom stereocenters. The maximum atomic E-state index is 12.4. The molecule has 0 N–H and O–H groups in total. The Hall–Kier alpha value is -1.10. The number of methoxy groups -OCH3 is 2. The van der Waals surface area contributed by atoms with E-state index in [0.717, 1.165) is 19.3 Å². The number of nitrogens with zero attached hydrogens (tertiary/aromatic N) is 1. The predicted octanol–water partition coefficient (Wildman–Crippen LogP) is 2.92. The van der Waals surface area contributed by atoms with Gasteiger partial charge in [0.05, 0.1) is 14.2 Å². The molecule has 0 amide bonds. The number of hydrogen-bond donors (Lipinski definition) is 0. The normalized spacial score (nSPS) is 28.6. The molecule has 1 heterocycles. The van der Waals surface area contributed by atoms with E-state index in [2.05, 4.69) is 6.92 Å². The Balaban J connectivity index is 2.86. The van der Waals surface area contributed by atoms with Crippen molar-refractivity contribution in [2.75, 3.05) is 21.3 Å². The zero-order chi connectivity index (χ0) is 16.8. The molecule has 0 bridgehead atoms. The van der Waals surface area contributed by atoms with Gasteiger partial charge in [-0.05, 0) is 33.2 Å². The largest absolute Gasteiger partial charge is 0.468 e. The van der Waals surface area contributed by atoms with E-state index in [-0.39, 0.29) is 11.9 Å². The molecule has 0 radical (unpaired) electrons. The van der Waals surface area contributed by atoms with Crippen LogP contribution in [0.25, 0.3) is 0 Å². The summed E-state index contributed by atoms with van der Waals surface area (Å²) < 4.78 is 10.00. The molecule has 0 aromatic rings. The summed E-state index contributed by atoms with van der Waals surface area (Å²) in [6, 6.07) is 0. The van der Waals surface area contributed by atoms with Crippen molar-refractivity contribution in [3.05, 3.63) is 0 Å². The Morgan fingerprint density at radius 3 is 2.14 bits per heavy atom. The SMILES string of the molecule is CCCCCCCC1(C(=O)OC)CCC(C)(C(=O)OC)N1C. The van der Waals surface area contributed by atoms with Crippen LogP contribution in [0.15, 0.2) is 0 Å². The second-order valence-corrected chi connectivity index (χ2v) is 6.51. The van der Waals surface area contributed by atoms with Crippen LogP contribution in [0.1, 0.15) is 65.2 Å². The fourth-order valence-electron chi connectivity index (χ4n) is 3.56. The minimum atomic E-state index is -0.758. The molecule has 5 heteroatoms. The lowest BCUT2D eigenvalue weighted by Crippen LogP contribution is -2.58.